The molecule has 0 unspecified atom stereocenters. The normalized spacial score (nSPS) is 27.4. The lowest BCUT2D eigenvalue weighted by Crippen LogP contribution is -2.50. The van der Waals surface area contributed by atoms with Crippen LogP contribution in [0.2, 0.25) is 0 Å². The van der Waals surface area contributed by atoms with E-state index in [9.17, 15) is 18.3 Å². The molecule has 0 spiro atoms. The fraction of sp³-hybridized carbons (Fsp3) is 0.696. The Labute approximate surface area is 205 Å². The van der Waals surface area contributed by atoms with Crippen molar-refractivity contribution in [2.45, 2.75) is 75.6 Å². The van der Waals surface area contributed by atoms with Gasteiger partial charge in [0.05, 0.1) is 11.6 Å². The molecule has 11 nitrogen and oxygen atoms in total. The van der Waals surface area contributed by atoms with Crippen molar-refractivity contribution < 1.29 is 18.3 Å². The first-order valence-corrected chi connectivity index (χ1v) is 13.9. The number of aliphatic hydroxyl groups is 1. The van der Waals surface area contributed by atoms with Gasteiger partial charge in [0.2, 0.25) is 5.95 Å². The lowest BCUT2D eigenvalue weighted by molar-refractivity contribution is 0.0267. The molecular formula is C23H34N6O5S. The lowest BCUT2D eigenvalue weighted by Gasteiger charge is -2.33. The highest BCUT2D eigenvalue weighted by Gasteiger charge is 2.39. The second kappa shape index (κ2) is 9.74. The second-order valence-electron chi connectivity index (χ2n) is 10.1. The first-order valence-electron chi connectivity index (χ1n) is 12.5. The number of nitrogens with zero attached hydrogens (tertiary/aromatic N) is 4. The molecule has 3 fully saturated rings. The summed E-state index contributed by atoms with van der Waals surface area (Å²) in [6, 6.07) is 2.81. The molecule has 0 bridgehead atoms. The SMILES string of the molecule is C[C@]1(O)CCC[C@@H]1n1c(=O)ccc2cnc(NC3CCN(S(=O)(=O)NC4CCOCC4)CC3)nc21. The fourth-order valence-electron chi connectivity index (χ4n) is 5.47. The summed E-state index contributed by atoms with van der Waals surface area (Å²) in [5.74, 6) is 0.399. The smallest absolute Gasteiger partial charge is 0.279 e. The zero-order valence-electron chi connectivity index (χ0n) is 20.0. The Hall–Kier alpha value is -2.12. The van der Waals surface area contributed by atoms with Crippen molar-refractivity contribution in [1.29, 1.82) is 0 Å². The molecule has 12 heteroatoms. The highest BCUT2D eigenvalue weighted by Crippen LogP contribution is 2.39. The van der Waals surface area contributed by atoms with Gasteiger partial charge in [-0.25, -0.2) is 4.98 Å². The predicted molar refractivity (Wildman–Crippen MR) is 131 cm³/mol. The lowest BCUT2D eigenvalue weighted by atomic mass is 10.00. The summed E-state index contributed by atoms with van der Waals surface area (Å²) in [6.07, 6.45) is 6.51. The largest absolute Gasteiger partial charge is 0.388 e. The zero-order valence-corrected chi connectivity index (χ0v) is 20.8. The van der Waals surface area contributed by atoms with E-state index in [-0.39, 0.29) is 23.7 Å². The zero-order chi connectivity index (χ0) is 24.6. The number of nitrogens with one attached hydrogen (secondary N) is 2. The van der Waals surface area contributed by atoms with Gasteiger partial charge in [0, 0.05) is 56.0 Å². The molecule has 4 heterocycles. The van der Waals surface area contributed by atoms with E-state index in [1.54, 1.807) is 23.8 Å². The number of rotatable bonds is 6. The van der Waals surface area contributed by atoms with E-state index in [2.05, 4.69) is 20.0 Å². The molecule has 2 atom stereocenters. The quantitative estimate of drug-likeness (QED) is 0.531. The van der Waals surface area contributed by atoms with E-state index in [1.165, 1.54) is 10.4 Å². The van der Waals surface area contributed by atoms with Crippen LogP contribution in [0.4, 0.5) is 5.95 Å². The van der Waals surface area contributed by atoms with E-state index >= 15 is 0 Å². The number of hydrogen-bond donors (Lipinski definition) is 3. The Balaban J connectivity index is 1.28. The minimum atomic E-state index is -3.53. The van der Waals surface area contributed by atoms with Crippen molar-refractivity contribution in [2.24, 2.45) is 0 Å². The van der Waals surface area contributed by atoms with Gasteiger partial charge in [-0.3, -0.25) is 9.36 Å². The minimum absolute atomic E-state index is 0.0143. The third-order valence-corrected chi connectivity index (χ3v) is 9.20. The molecule has 192 valence electrons. The molecule has 2 saturated heterocycles. The minimum Gasteiger partial charge on any atom is -0.388 e. The van der Waals surface area contributed by atoms with Crippen molar-refractivity contribution >= 4 is 27.2 Å². The van der Waals surface area contributed by atoms with E-state index in [0.717, 1.165) is 11.8 Å². The summed E-state index contributed by atoms with van der Waals surface area (Å²) in [5, 5.41) is 14.9. The van der Waals surface area contributed by atoms with Crippen molar-refractivity contribution in [3.05, 3.63) is 28.7 Å². The van der Waals surface area contributed by atoms with Gasteiger partial charge in [-0.15, -0.1) is 0 Å². The van der Waals surface area contributed by atoms with Crippen LogP contribution in [0.1, 0.15) is 57.9 Å². The van der Waals surface area contributed by atoms with Gasteiger partial charge in [0.15, 0.2) is 0 Å². The Morgan fingerprint density at radius 3 is 2.54 bits per heavy atom. The summed E-state index contributed by atoms with van der Waals surface area (Å²) in [6.45, 7) is 3.74. The van der Waals surface area contributed by atoms with Gasteiger partial charge in [0.1, 0.15) is 5.65 Å². The first-order chi connectivity index (χ1) is 16.7. The second-order valence-corrected chi connectivity index (χ2v) is 11.8. The molecule has 1 aliphatic carbocycles. The van der Waals surface area contributed by atoms with Crippen molar-refractivity contribution in [1.82, 2.24) is 23.6 Å². The average molecular weight is 507 g/mol. The number of pyridine rings is 1. The number of aromatic nitrogens is 3. The van der Waals surface area contributed by atoms with Gasteiger partial charge < -0.3 is 15.2 Å². The van der Waals surface area contributed by atoms with Gasteiger partial charge in [-0.1, -0.05) is 0 Å². The maximum atomic E-state index is 12.8. The molecule has 0 amide bonds. The molecular weight excluding hydrogens is 472 g/mol. The maximum Gasteiger partial charge on any atom is 0.279 e. The number of piperidine rings is 1. The molecule has 1 saturated carbocycles. The average Bonchev–Trinajstić information content (AvgIpc) is 3.18. The van der Waals surface area contributed by atoms with E-state index in [1.807, 2.05) is 0 Å². The van der Waals surface area contributed by atoms with Crippen molar-refractivity contribution in [3.8, 4) is 0 Å². The summed E-state index contributed by atoms with van der Waals surface area (Å²) in [7, 11) is -3.53. The van der Waals surface area contributed by atoms with Crippen LogP contribution in [0.25, 0.3) is 11.0 Å². The molecule has 2 aromatic rings. The summed E-state index contributed by atoms with van der Waals surface area (Å²) < 4.78 is 36.8. The molecule has 2 aliphatic heterocycles. The van der Waals surface area contributed by atoms with Crippen LogP contribution in [0, 0.1) is 0 Å². The van der Waals surface area contributed by atoms with Crippen molar-refractivity contribution in [3.63, 3.8) is 0 Å². The van der Waals surface area contributed by atoms with Crippen LogP contribution in [0.15, 0.2) is 23.1 Å². The Bertz CT molecular complexity index is 1220. The maximum absolute atomic E-state index is 12.8. The van der Waals surface area contributed by atoms with Crippen LogP contribution in [0.5, 0.6) is 0 Å². The summed E-state index contributed by atoms with van der Waals surface area (Å²) in [4.78, 5) is 21.9. The summed E-state index contributed by atoms with van der Waals surface area (Å²) in [5.41, 5.74) is -0.652. The van der Waals surface area contributed by atoms with Crippen LogP contribution in [0.3, 0.4) is 0 Å². The standard InChI is InChI=1S/C23H34N6O5S/c1-23(31)10-2-3-19(23)29-20(30)5-4-16-15-24-22(26-21(16)29)25-17-6-11-28(12-7-17)35(32,33)27-18-8-13-34-14-9-18/h4-5,15,17-19,27,31H,2-3,6-14H2,1H3,(H,24,25,26)/t19-,23-/m0/s1. The van der Waals surface area contributed by atoms with Gasteiger partial charge in [0.25, 0.3) is 15.8 Å². The van der Waals surface area contributed by atoms with E-state index in [4.69, 9.17) is 4.74 Å². The van der Waals surface area contributed by atoms with Gasteiger partial charge in [-0.2, -0.15) is 22.4 Å². The van der Waals surface area contributed by atoms with Gasteiger partial charge in [-0.05, 0) is 57.9 Å². The third-order valence-electron chi connectivity index (χ3n) is 7.52. The van der Waals surface area contributed by atoms with E-state index in [0.29, 0.717) is 76.4 Å². The number of anilines is 1. The molecule has 2 aromatic heterocycles. The predicted octanol–water partition coefficient (Wildman–Crippen LogP) is 1.16. The molecule has 35 heavy (non-hydrogen) atoms. The topological polar surface area (TPSA) is 139 Å². The number of ether oxygens (including phenoxy) is 1. The molecule has 3 aliphatic rings. The molecule has 0 radical (unpaired) electrons. The Morgan fingerprint density at radius 2 is 1.86 bits per heavy atom. The first kappa shape index (κ1) is 24.6. The third kappa shape index (κ3) is 5.21. The van der Waals surface area contributed by atoms with Crippen molar-refractivity contribution in [2.75, 3.05) is 31.6 Å². The van der Waals surface area contributed by atoms with Crippen LogP contribution < -0.4 is 15.6 Å². The van der Waals surface area contributed by atoms with Crippen LogP contribution >= 0.6 is 0 Å². The monoisotopic (exact) mass is 506 g/mol. The van der Waals surface area contributed by atoms with Crippen LogP contribution in [-0.2, 0) is 14.9 Å². The summed E-state index contributed by atoms with van der Waals surface area (Å²) >= 11 is 0. The Morgan fingerprint density at radius 1 is 1.11 bits per heavy atom. The molecule has 5 rings (SSSR count). The Kier molecular flexibility index (Phi) is 6.83. The highest BCUT2D eigenvalue weighted by atomic mass is 32.2. The number of fused-ring (bicyclic) bond motifs is 1. The fourth-order valence-corrected chi connectivity index (χ4v) is 6.97. The van der Waals surface area contributed by atoms with Gasteiger partial charge >= 0.3 is 0 Å². The molecule has 0 aromatic carbocycles. The molecule has 3 N–H and O–H groups in total. The highest BCUT2D eigenvalue weighted by molar-refractivity contribution is 7.87. The van der Waals surface area contributed by atoms with Crippen LogP contribution in [-0.4, -0.2) is 76.4 Å². The number of hydrogen-bond acceptors (Lipinski definition) is 8. The van der Waals surface area contributed by atoms with E-state index < -0.39 is 15.8 Å².